The van der Waals surface area contributed by atoms with Gasteiger partial charge in [0.1, 0.15) is 12.4 Å². The number of amides is 1. The molecule has 24 heavy (non-hydrogen) atoms. The molecular weight excluding hydrogens is 331 g/mol. The summed E-state index contributed by atoms with van der Waals surface area (Å²) >= 11 is 1.25. The number of nitrogens with one attached hydrogen (secondary N) is 1. The lowest BCUT2D eigenvalue weighted by Gasteiger charge is -2.08. The Morgan fingerprint density at radius 2 is 2.29 bits per heavy atom. The first-order valence-electron chi connectivity index (χ1n) is 7.26. The second-order valence-electron chi connectivity index (χ2n) is 5.03. The van der Waals surface area contributed by atoms with Crippen molar-refractivity contribution >= 4 is 23.4 Å². The van der Waals surface area contributed by atoms with Crippen molar-refractivity contribution in [3.05, 3.63) is 48.1 Å². The Hall–Kier alpha value is -2.19. The second kappa shape index (κ2) is 8.60. The molecule has 0 saturated heterocycles. The SMILES string of the molecule is C=CCn1c(COC)nnc1SCC(=O)Nc1ccc(C)c(F)c1. The number of aryl methyl sites for hydroxylation is 1. The summed E-state index contributed by atoms with van der Waals surface area (Å²) in [5.41, 5.74) is 0.960. The fourth-order valence-corrected chi connectivity index (χ4v) is 2.74. The van der Waals surface area contributed by atoms with Crippen LogP contribution in [0.3, 0.4) is 0 Å². The molecule has 1 heterocycles. The Morgan fingerprint density at radius 1 is 1.50 bits per heavy atom. The Bertz CT molecular complexity index is 733. The van der Waals surface area contributed by atoms with Crippen molar-refractivity contribution < 1.29 is 13.9 Å². The van der Waals surface area contributed by atoms with Crippen LogP contribution in [0.25, 0.3) is 0 Å². The van der Waals surface area contributed by atoms with Crippen LogP contribution in [-0.4, -0.2) is 33.5 Å². The molecule has 0 atom stereocenters. The van der Waals surface area contributed by atoms with Crippen molar-refractivity contribution in [3.63, 3.8) is 0 Å². The van der Waals surface area contributed by atoms with Gasteiger partial charge < -0.3 is 14.6 Å². The van der Waals surface area contributed by atoms with E-state index in [1.54, 1.807) is 32.2 Å². The number of benzene rings is 1. The van der Waals surface area contributed by atoms with E-state index >= 15 is 0 Å². The molecular formula is C16H19FN4O2S. The number of methoxy groups -OCH3 is 1. The minimum absolute atomic E-state index is 0.137. The highest BCUT2D eigenvalue weighted by Gasteiger charge is 2.13. The van der Waals surface area contributed by atoms with Crippen LogP contribution in [0.15, 0.2) is 36.0 Å². The van der Waals surface area contributed by atoms with Gasteiger partial charge in [-0.25, -0.2) is 4.39 Å². The molecule has 6 nitrogen and oxygen atoms in total. The first-order valence-corrected chi connectivity index (χ1v) is 8.24. The number of thioether (sulfide) groups is 1. The van der Waals surface area contributed by atoms with Crippen LogP contribution in [-0.2, 0) is 22.7 Å². The van der Waals surface area contributed by atoms with Gasteiger partial charge in [0.2, 0.25) is 5.91 Å². The van der Waals surface area contributed by atoms with E-state index in [2.05, 4.69) is 22.1 Å². The van der Waals surface area contributed by atoms with E-state index in [0.717, 1.165) is 0 Å². The molecule has 2 aromatic rings. The molecule has 0 aliphatic rings. The summed E-state index contributed by atoms with van der Waals surface area (Å²) in [6, 6.07) is 4.59. The number of carbonyl (C=O) groups excluding carboxylic acids is 1. The number of halogens is 1. The molecule has 1 amide bonds. The third-order valence-corrected chi connectivity index (χ3v) is 4.13. The second-order valence-corrected chi connectivity index (χ2v) is 5.97. The summed E-state index contributed by atoms with van der Waals surface area (Å²) in [6.45, 7) is 6.23. The fourth-order valence-electron chi connectivity index (χ4n) is 1.97. The molecule has 1 N–H and O–H groups in total. The molecule has 2 rings (SSSR count). The highest BCUT2D eigenvalue weighted by Crippen LogP contribution is 2.19. The van der Waals surface area contributed by atoms with Gasteiger partial charge in [0.25, 0.3) is 0 Å². The largest absolute Gasteiger partial charge is 0.377 e. The van der Waals surface area contributed by atoms with Crippen LogP contribution in [0.5, 0.6) is 0 Å². The highest BCUT2D eigenvalue weighted by molar-refractivity contribution is 7.99. The number of nitrogens with zero attached hydrogens (tertiary/aromatic N) is 3. The number of hydrogen-bond donors (Lipinski definition) is 1. The first kappa shape index (κ1) is 18.2. The number of carbonyl (C=O) groups is 1. The van der Waals surface area contributed by atoms with E-state index in [1.807, 2.05) is 4.57 Å². The summed E-state index contributed by atoms with van der Waals surface area (Å²) < 4.78 is 20.4. The third kappa shape index (κ3) is 4.65. The maximum Gasteiger partial charge on any atom is 0.234 e. The average molecular weight is 350 g/mol. The molecule has 1 aromatic carbocycles. The number of anilines is 1. The van der Waals surface area contributed by atoms with E-state index in [0.29, 0.717) is 35.4 Å². The van der Waals surface area contributed by atoms with Crippen molar-refractivity contribution in [2.45, 2.75) is 25.2 Å². The van der Waals surface area contributed by atoms with Crippen LogP contribution in [0, 0.1) is 12.7 Å². The zero-order valence-electron chi connectivity index (χ0n) is 13.6. The molecule has 128 valence electrons. The Morgan fingerprint density at radius 3 is 2.96 bits per heavy atom. The van der Waals surface area contributed by atoms with Crippen LogP contribution in [0.1, 0.15) is 11.4 Å². The van der Waals surface area contributed by atoms with Gasteiger partial charge in [-0.1, -0.05) is 23.9 Å². The monoisotopic (exact) mass is 350 g/mol. The summed E-state index contributed by atoms with van der Waals surface area (Å²) in [4.78, 5) is 12.0. The molecule has 0 bridgehead atoms. The van der Waals surface area contributed by atoms with Gasteiger partial charge in [0.05, 0.1) is 5.75 Å². The Labute approximate surface area is 144 Å². The van der Waals surface area contributed by atoms with Gasteiger partial charge in [0, 0.05) is 19.3 Å². The van der Waals surface area contributed by atoms with E-state index in [1.165, 1.54) is 17.8 Å². The highest BCUT2D eigenvalue weighted by atomic mass is 32.2. The standard InChI is InChI=1S/C16H19FN4O2S/c1-4-7-21-14(9-23-3)19-20-16(21)24-10-15(22)18-12-6-5-11(2)13(17)8-12/h4-6,8H,1,7,9-10H2,2-3H3,(H,18,22). The Kier molecular flexibility index (Phi) is 6.51. The zero-order valence-corrected chi connectivity index (χ0v) is 14.4. The number of rotatable bonds is 8. The molecule has 0 aliphatic carbocycles. The van der Waals surface area contributed by atoms with E-state index in [9.17, 15) is 9.18 Å². The first-order chi connectivity index (χ1) is 11.5. The van der Waals surface area contributed by atoms with Crippen LogP contribution < -0.4 is 5.32 Å². The Balaban J connectivity index is 1.98. The molecule has 0 fully saturated rings. The quantitative estimate of drug-likeness (QED) is 0.586. The zero-order chi connectivity index (χ0) is 17.5. The molecule has 0 saturated carbocycles. The lowest BCUT2D eigenvalue weighted by atomic mass is 10.2. The van der Waals surface area contributed by atoms with Gasteiger partial charge in [0.15, 0.2) is 11.0 Å². The topological polar surface area (TPSA) is 69.0 Å². The minimum Gasteiger partial charge on any atom is -0.377 e. The molecule has 0 unspecified atom stereocenters. The smallest absolute Gasteiger partial charge is 0.234 e. The van der Waals surface area contributed by atoms with Gasteiger partial charge in [-0.3, -0.25) is 4.79 Å². The van der Waals surface area contributed by atoms with Crippen molar-refractivity contribution in [1.29, 1.82) is 0 Å². The molecule has 0 radical (unpaired) electrons. The van der Waals surface area contributed by atoms with Crippen LogP contribution >= 0.6 is 11.8 Å². The molecule has 1 aromatic heterocycles. The average Bonchev–Trinajstić information content (AvgIpc) is 2.92. The minimum atomic E-state index is -0.351. The summed E-state index contributed by atoms with van der Waals surface area (Å²) in [5, 5.41) is 11.4. The van der Waals surface area contributed by atoms with Crippen molar-refractivity contribution in [2.24, 2.45) is 0 Å². The lowest BCUT2D eigenvalue weighted by Crippen LogP contribution is -2.15. The van der Waals surface area contributed by atoms with E-state index in [4.69, 9.17) is 4.74 Å². The lowest BCUT2D eigenvalue weighted by molar-refractivity contribution is -0.113. The maximum atomic E-state index is 13.5. The third-order valence-electron chi connectivity index (χ3n) is 3.17. The van der Waals surface area contributed by atoms with Gasteiger partial charge in [-0.05, 0) is 24.6 Å². The number of hydrogen-bond acceptors (Lipinski definition) is 5. The summed E-state index contributed by atoms with van der Waals surface area (Å²) in [6.07, 6.45) is 1.72. The number of aromatic nitrogens is 3. The molecule has 0 spiro atoms. The number of allylic oxidation sites excluding steroid dienone is 1. The molecule has 8 heteroatoms. The van der Waals surface area contributed by atoms with E-state index < -0.39 is 0 Å². The van der Waals surface area contributed by atoms with Gasteiger partial charge in [-0.2, -0.15) is 0 Å². The van der Waals surface area contributed by atoms with Crippen LogP contribution in [0.4, 0.5) is 10.1 Å². The van der Waals surface area contributed by atoms with Gasteiger partial charge >= 0.3 is 0 Å². The van der Waals surface area contributed by atoms with Crippen molar-refractivity contribution in [1.82, 2.24) is 14.8 Å². The normalized spacial score (nSPS) is 10.6. The fraction of sp³-hybridized carbons (Fsp3) is 0.312. The van der Waals surface area contributed by atoms with Crippen LogP contribution in [0.2, 0.25) is 0 Å². The maximum absolute atomic E-state index is 13.5. The molecule has 0 aliphatic heterocycles. The van der Waals surface area contributed by atoms with Crippen molar-refractivity contribution in [3.8, 4) is 0 Å². The summed E-state index contributed by atoms with van der Waals surface area (Å²) in [7, 11) is 1.58. The predicted octanol–water partition coefficient (Wildman–Crippen LogP) is 2.79. The van der Waals surface area contributed by atoms with E-state index in [-0.39, 0.29) is 17.5 Å². The van der Waals surface area contributed by atoms with Gasteiger partial charge in [-0.15, -0.1) is 16.8 Å². The predicted molar refractivity (Wildman–Crippen MR) is 91.4 cm³/mol. The number of ether oxygens (including phenoxy) is 1. The summed E-state index contributed by atoms with van der Waals surface area (Å²) in [5.74, 6) is 0.207. The van der Waals surface area contributed by atoms with Crippen molar-refractivity contribution in [2.75, 3.05) is 18.2 Å².